The van der Waals surface area contributed by atoms with E-state index in [0.29, 0.717) is 29.3 Å². The van der Waals surface area contributed by atoms with Crippen molar-refractivity contribution in [2.24, 2.45) is 0 Å². The predicted octanol–water partition coefficient (Wildman–Crippen LogP) is 3.29. The predicted molar refractivity (Wildman–Crippen MR) is 107 cm³/mol. The summed E-state index contributed by atoms with van der Waals surface area (Å²) < 4.78 is 5.68. The molecule has 0 saturated carbocycles. The molecule has 27 heavy (non-hydrogen) atoms. The zero-order valence-corrected chi connectivity index (χ0v) is 14.9. The highest BCUT2D eigenvalue weighted by Crippen LogP contribution is 2.32. The number of anilines is 2. The Bertz CT molecular complexity index is 1120. The van der Waals surface area contributed by atoms with E-state index in [1.54, 1.807) is 18.5 Å². The number of H-pyrrole nitrogens is 1. The molecule has 4 heterocycles. The Labute approximate surface area is 155 Å². The minimum atomic E-state index is -0.204. The third kappa shape index (κ3) is 3.15. The summed E-state index contributed by atoms with van der Waals surface area (Å²) in [5.74, 6) is 1.89. The van der Waals surface area contributed by atoms with Crippen LogP contribution in [0, 0.1) is 0 Å². The molecule has 0 saturated heterocycles. The van der Waals surface area contributed by atoms with E-state index in [0.717, 1.165) is 29.0 Å². The zero-order valence-electron chi connectivity index (χ0n) is 14.9. The first-order valence-electron chi connectivity index (χ1n) is 8.65. The molecule has 1 aliphatic rings. The minimum Gasteiger partial charge on any atom is -0.488 e. The van der Waals surface area contributed by atoms with E-state index in [9.17, 15) is 4.79 Å². The van der Waals surface area contributed by atoms with E-state index in [1.807, 2.05) is 31.2 Å². The lowest BCUT2D eigenvalue weighted by molar-refractivity contribution is 0.321. The van der Waals surface area contributed by atoms with Gasteiger partial charge in [-0.1, -0.05) is 12.7 Å². The first kappa shape index (κ1) is 16.8. The number of pyridine rings is 3. The number of allylic oxidation sites excluding steroid dienone is 2. The van der Waals surface area contributed by atoms with Gasteiger partial charge in [0.2, 0.25) is 0 Å². The Balaban J connectivity index is 1.89. The zero-order chi connectivity index (χ0) is 18.8. The highest BCUT2D eigenvalue weighted by molar-refractivity contribution is 5.94. The fourth-order valence-corrected chi connectivity index (χ4v) is 2.99. The second-order valence-electron chi connectivity index (χ2n) is 6.05. The molecule has 3 aromatic heterocycles. The third-order valence-electron chi connectivity index (χ3n) is 4.35. The first-order valence-corrected chi connectivity index (χ1v) is 8.65. The van der Waals surface area contributed by atoms with Crippen LogP contribution in [0.1, 0.15) is 6.92 Å². The Morgan fingerprint density at radius 1 is 1.41 bits per heavy atom. The van der Waals surface area contributed by atoms with Crippen molar-refractivity contribution in [3.63, 3.8) is 0 Å². The molecule has 0 fully saturated rings. The van der Waals surface area contributed by atoms with Crippen LogP contribution >= 0.6 is 0 Å². The molecule has 7 nitrogen and oxygen atoms in total. The van der Waals surface area contributed by atoms with Gasteiger partial charge in [-0.15, -0.1) is 0 Å². The number of fused-ring (bicyclic) bond motifs is 2. The Morgan fingerprint density at radius 2 is 2.30 bits per heavy atom. The standard InChI is InChI=1S/C20H19N5O2/c1-3-14(4-2)24-19-17-12(5-6-22-20(17)26)9-15(25-19)13-10-16-18(23-11-13)21-7-8-27-16/h3-6,9-11H,1,7-8H2,2H3,(H,21,23)(H,22,26)(H,24,25)/b14-4+. The van der Waals surface area contributed by atoms with E-state index in [-0.39, 0.29) is 5.56 Å². The van der Waals surface area contributed by atoms with Gasteiger partial charge in [-0.2, -0.15) is 0 Å². The molecule has 0 spiro atoms. The lowest BCUT2D eigenvalue weighted by Crippen LogP contribution is -2.19. The Kier molecular flexibility index (Phi) is 4.33. The molecule has 136 valence electrons. The topological polar surface area (TPSA) is 91.9 Å². The van der Waals surface area contributed by atoms with Gasteiger partial charge in [0.05, 0.1) is 17.6 Å². The van der Waals surface area contributed by atoms with Gasteiger partial charge in [-0.05, 0) is 36.6 Å². The lowest BCUT2D eigenvalue weighted by atomic mass is 10.1. The maximum absolute atomic E-state index is 12.4. The monoisotopic (exact) mass is 361 g/mol. The van der Waals surface area contributed by atoms with Crippen molar-refractivity contribution in [2.75, 3.05) is 23.8 Å². The Hall–Kier alpha value is -3.61. The molecule has 0 aromatic carbocycles. The summed E-state index contributed by atoms with van der Waals surface area (Å²) in [5, 5.41) is 7.65. The molecule has 4 rings (SSSR count). The molecule has 0 bridgehead atoms. The SMILES string of the molecule is C=C/C(=C\C)Nc1nc(-c2cnc3c(c2)OCCN3)cc2cc[nH]c(=O)c12. The van der Waals surface area contributed by atoms with Crippen LogP contribution in [0.15, 0.2) is 59.8 Å². The van der Waals surface area contributed by atoms with Crippen LogP contribution in [0.5, 0.6) is 5.75 Å². The van der Waals surface area contributed by atoms with Crippen molar-refractivity contribution >= 4 is 22.4 Å². The molecule has 3 N–H and O–H groups in total. The van der Waals surface area contributed by atoms with E-state index in [2.05, 4.69) is 32.2 Å². The quantitative estimate of drug-likeness (QED) is 0.618. The summed E-state index contributed by atoms with van der Waals surface area (Å²) in [5.41, 5.74) is 2.06. The number of nitrogens with zero attached hydrogens (tertiary/aromatic N) is 2. The van der Waals surface area contributed by atoms with Gasteiger partial charge in [-0.3, -0.25) is 4.79 Å². The van der Waals surface area contributed by atoms with Crippen LogP contribution in [-0.2, 0) is 0 Å². The number of nitrogens with one attached hydrogen (secondary N) is 3. The highest BCUT2D eigenvalue weighted by atomic mass is 16.5. The maximum Gasteiger partial charge on any atom is 0.259 e. The van der Waals surface area contributed by atoms with Crippen molar-refractivity contribution in [1.29, 1.82) is 0 Å². The van der Waals surface area contributed by atoms with Gasteiger partial charge in [0.25, 0.3) is 5.56 Å². The number of rotatable bonds is 4. The lowest BCUT2D eigenvalue weighted by Gasteiger charge is -2.18. The van der Waals surface area contributed by atoms with Crippen LogP contribution in [-0.4, -0.2) is 28.1 Å². The number of aromatic nitrogens is 3. The molecule has 3 aromatic rings. The average molecular weight is 361 g/mol. The average Bonchev–Trinajstić information content (AvgIpc) is 2.71. The van der Waals surface area contributed by atoms with Crippen molar-refractivity contribution in [3.05, 3.63) is 65.4 Å². The molecule has 0 atom stereocenters. The van der Waals surface area contributed by atoms with Crippen molar-refractivity contribution in [2.45, 2.75) is 6.92 Å². The van der Waals surface area contributed by atoms with E-state index in [1.165, 1.54) is 0 Å². The highest BCUT2D eigenvalue weighted by Gasteiger charge is 2.15. The molecular weight excluding hydrogens is 342 g/mol. The van der Waals surface area contributed by atoms with Crippen LogP contribution in [0.2, 0.25) is 0 Å². The number of hydrogen-bond donors (Lipinski definition) is 3. The van der Waals surface area contributed by atoms with Crippen molar-refractivity contribution < 1.29 is 4.74 Å². The van der Waals surface area contributed by atoms with Gasteiger partial charge in [0, 0.05) is 23.7 Å². The maximum atomic E-state index is 12.4. The van der Waals surface area contributed by atoms with Gasteiger partial charge < -0.3 is 20.4 Å². The summed E-state index contributed by atoms with van der Waals surface area (Å²) in [7, 11) is 0. The molecule has 0 amide bonds. The molecule has 7 heteroatoms. The second-order valence-corrected chi connectivity index (χ2v) is 6.05. The normalized spacial score (nSPS) is 13.4. The molecule has 0 aliphatic carbocycles. The summed E-state index contributed by atoms with van der Waals surface area (Å²) in [6, 6.07) is 5.63. The van der Waals surface area contributed by atoms with Gasteiger partial charge in [0.15, 0.2) is 11.6 Å². The van der Waals surface area contributed by atoms with Gasteiger partial charge in [0.1, 0.15) is 12.4 Å². The summed E-state index contributed by atoms with van der Waals surface area (Å²) in [6.07, 6.45) is 6.91. The van der Waals surface area contributed by atoms with E-state index in [4.69, 9.17) is 4.74 Å². The summed E-state index contributed by atoms with van der Waals surface area (Å²) in [6.45, 7) is 7.00. The molecule has 0 unspecified atom stereocenters. The van der Waals surface area contributed by atoms with E-state index >= 15 is 0 Å². The number of aromatic amines is 1. The summed E-state index contributed by atoms with van der Waals surface area (Å²) >= 11 is 0. The van der Waals surface area contributed by atoms with E-state index < -0.39 is 0 Å². The first-order chi connectivity index (χ1) is 13.2. The number of ether oxygens (including phenoxy) is 1. The molecule has 1 aliphatic heterocycles. The third-order valence-corrected chi connectivity index (χ3v) is 4.35. The van der Waals surface area contributed by atoms with Crippen LogP contribution in [0.25, 0.3) is 22.0 Å². The van der Waals surface area contributed by atoms with Crippen LogP contribution in [0.4, 0.5) is 11.6 Å². The fourth-order valence-electron chi connectivity index (χ4n) is 2.99. The number of hydrogen-bond acceptors (Lipinski definition) is 6. The Morgan fingerprint density at radius 3 is 3.11 bits per heavy atom. The summed E-state index contributed by atoms with van der Waals surface area (Å²) in [4.78, 5) is 24.2. The fraction of sp³-hybridized carbons (Fsp3) is 0.150. The second kappa shape index (κ2) is 6.95. The van der Waals surface area contributed by atoms with Crippen molar-refractivity contribution in [3.8, 4) is 17.0 Å². The van der Waals surface area contributed by atoms with Crippen molar-refractivity contribution in [1.82, 2.24) is 15.0 Å². The van der Waals surface area contributed by atoms with Crippen LogP contribution < -0.4 is 20.9 Å². The van der Waals surface area contributed by atoms with Gasteiger partial charge >= 0.3 is 0 Å². The molecular formula is C20H19N5O2. The van der Waals surface area contributed by atoms with Gasteiger partial charge in [-0.25, -0.2) is 9.97 Å². The van der Waals surface area contributed by atoms with Crippen LogP contribution in [0.3, 0.4) is 0 Å². The minimum absolute atomic E-state index is 0.204. The largest absolute Gasteiger partial charge is 0.488 e. The molecule has 0 radical (unpaired) electrons. The smallest absolute Gasteiger partial charge is 0.259 e.